The first-order valence-corrected chi connectivity index (χ1v) is 12.3. The summed E-state index contributed by atoms with van der Waals surface area (Å²) in [5.74, 6) is 2.05. The molecule has 1 aromatic heterocycles. The summed E-state index contributed by atoms with van der Waals surface area (Å²) in [6.07, 6.45) is 0.449. The highest BCUT2D eigenvalue weighted by Crippen LogP contribution is 2.33. The molecule has 0 unspecified atom stereocenters. The van der Waals surface area contributed by atoms with Crippen LogP contribution < -0.4 is 9.47 Å². The smallest absolute Gasteiger partial charge is 0.227 e. The Labute approximate surface area is 209 Å². The third kappa shape index (κ3) is 7.31. The van der Waals surface area contributed by atoms with E-state index < -0.39 is 6.10 Å². The fourth-order valence-electron chi connectivity index (χ4n) is 3.83. The Morgan fingerprint density at radius 2 is 1.74 bits per heavy atom. The van der Waals surface area contributed by atoms with Gasteiger partial charge in [-0.1, -0.05) is 31.2 Å². The third-order valence-electron chi connectivity index (χ3n) is 6.04. The topological polar surface area (TPSA) is 69.0 Å². The van der Waals surface area contributed by atoms with E-state index >= 15 is 0 Å². The van der Waals surface area contributed by atoms with E-state index in [-0.39, 0.29) is 12.1 Å². The minimum atomic E-state index is -0.585. The number of aliphatic hydroxyl groups excluding tert-OH is 1. The second-order valence-electron chi connectivity index (χ2n) is 9.12. The Morgan fingerprint density at radius 3 is 2.40 bits per heavy atom. The van der Waals surface area contributed by atoms with Crippen LogP contribution in [0.4, 0.5) is 0 Å². The molecule has 0 saturated heterocycles. The maximum atomic E-state index is 10.7. The molecule has 2 aromatic carbocycles. The molecule has 7 nitrogen and oxygen atoms in total. The summed E-state index contributed by atoms with van der Waals surface area (Å²) < 4.78 is 19.3. The van der Waals surface area contributed by atoms with Crippen molar-refractivity contribution in [3.8, 4) is 23.1 Å². The second-order valence-corrected chi connectivity index (χ2v) is 9.12. The van der Waals surface area contributed by atoms with Gasteiger partial charge in [-0.2, -0.15) is 5.10 Å². The van der Waals surface area contributed by atoms with E-state index in [0.717, 1.165) is 29.1 Å². The SMILES string of the molecule is CC[C@@H](C)N(Cc1c(C)nn(-c2ccccc2)c1Oc1cccc(OC)c1)C[C@@H](O)COC(C)C. The minimum absolute atomic E-state index is 0.0795. The quantitative estimate of drug-likeness (QED) is 0.354. The minimum Gasteiger partial charge on any atom is -0.497 e. The first-order chi connectivity index (χ1) is 16.8. The molecule has 35 heavy (non-hydrogen) atoms. The van der Waals surface area contributed by atoms with E-state index in [0.29, 0.717) is 31.3 Å². The normalized spacial score (nSPS) is 13.3. The molecule has 0 amide bonds. The Balaban J connectivity index is 1.97. The van der Waals surface area contributed by atoms with Gasteiger partial charge in [-0.25, -0.2) is 4.68 Å². The maximum Gasteiger partial charge on any atom is 0.227 e. The summed E-state index contributed by atoms with van der Waals surface area (Å²) in [6, 6.07) is 17.8. The van der Waals surface area contributed by atoms with Crippen LogP contribution in [0.1, 0.15) is 45.4 Å². The number of hydrogen-bond acceptors (Lipinski definition) is 6. The van der Waals surface area contributed by atoms with Crippen molar-refractivity contribution in [2.24, 2.45) is 0 Å². The zero-order valence-corrected chi connectivity index (χ0v) is 21.8. The molecule has 0 fully saturated rings. The van der Waals surface area contributed by atoms with Gasteiger partial charge in [-0.05, 0) is 58.4 Å². The van der Waals surface area contributed by atoms with Crippen LogP contribution in [-0.4, -0.2) is 58.3 Å². The number of para-hydroxylation sites is 1. The molecule has 2 atom stereocenters. The van der Waals surface area contributed by atoms with Gasteiger partial charge in [-0.3, -0.25) is 4.90 Å². The Hall–Kier alpha value is -2.87. The number of aryl methyl sites for hydroxylation is 1. The molecule has 190 valence electrons. The monoisotopic (exact) mass is 481 g/mol. The Bertz CT molecular complexity index is 1050. The van der Waals surface area contributed by atoms with Gasteiger partial charge in [0.25, 0.3) is 0 Å². The first-order valence-electron chi connectivity index (χ1n) is 12.3. The molecule has 0 aliphatic carbocycles. The molecule has 0 aliphatic rings. The summed E-state index contributed by atoms with van der Waals surface area (Å²) in [7, 11) is 1.64. The van der Waals surface area contributed by atoms with Crippen LogP contribution in [0.25, 0.3) is 5.69 Å². The number of aromatic nitrogens is 2. The van der Waals surface area contributed by atoms with Crippen LogP contribution in [-0.2, 0) is 11.3 Å². The zero-order valence-electron chi connectivity index (χ0n) is 21.8. The molecule has 0 aliphatic heterocycles. The molecule has 0 radical (unpaired) electrons. The number of aliphatic hydroxyl groups is 1. The maximum absolute atomic E-state index is 10.7. The van der Waals surface area contributed by atoms with Crippen molar-refractivity contribution >= 4 is 0 Å². The van der Waals surface area contributed by atoms with Crippen molar-refractivity contribution in [1.29, 1.82) is 0 Å². The molecule has 7 heteroatoms. The molecule has 1 heterocycles. The zero-order chi connectivity index (χ0) is 25.4. The second kappa shape index (κ2) is 12.7. The van der Waals surface area contributed by atoms with Gasteiger partial charge in [0.15, 0.2) is 0 Å². The van der Waals surface area contributed by atoms with Crippen molar-refractivity contribution < 1.29 is 19.3 Å². The van der Waals surface area contributed by atoms with Crippen LogP contribution in [0.5, 0.6) is 17.4 Å². The molecular formula is C28H39N3O4. The fourth-order valence-corrected chi connectivity index (χ4v) is 3.83. The largest absolute Gasteiger partial charge is 0.497 e. The molecule has 3 aromatic rings. The van der Waals surface area contributed by atoms with Crippen LogP contribution in [0, 0.1) is 6.92 Å². The predicted molar refractivity (Wildman–Crippen MR) is 139 cm³/mol. The van der Waals surface area contributed by atoms with Gasteiger partial charge < -0.3 is 19.3 Å². The van der Waals surface area contributed by atoms with Crippen molar-refractivity contribution in [1.82, 2.24) is 14.7 Å². The molecular weight excluding hydrogens is 442 g/mol. The standard InChI is InChI=1S/C28H39N3O4/c1-7-21(4)30(17-24(32)19-34-20(2)3)18-27-22(5)29-31(23-12-9-8-10-13-23)28(27)35-26-15-11-14-25(16-26)33-6/h8-16,20-21,24,32H,7,17-19H2,1-6H3/t21-,24-/m1/s1. The highest BCUT2D eigenvalue weighted by Gasteiger charge is 2.25. The van der Waals surface area contributed by atoms with Gasteiger partial charge >= 0.3 is 0 Å². The summed E-state index contributed by atoms with van der Waals surface area (Å²) in [5.41, 5.74) is 2.78. The average Bonchev–Trinajstić information content (AvgIpc) is 3.17. The van der Waals surface area contributed by atoms with Gasteiger partial charge in [0, 0.05) is 25.2 Å². The molecule has 0 spiro atoms. The van der Waals surface area contributed by atoms with Gasteiger partial charge in [0.1, 0.15) is 11.5 Å². The predicted octanol–water partition coefficient (Wildman–Crippen LogP) is 5.37. The lowest BCUT2D eigenvalue weighted by Gasteiger charge is -2.30. The van der Waals surface area contributed by atoms with Crippen LogP contribution in [0.15, 0.2) is 54.6 Å². The van der Waals surface area contributed by atoms with E-state index in [9.17, 15) is 5.11 Å². The highest BCUT2D eigenvalue weighted by atomic mass is 16.5. The number of hydrogen-bond donors (Lipinski definition) is 1. The van der Waals surface area contributed by atoms with E-state index in [1.54, 1.807) is 7.11 Å². The molecule has 1 N–H and O–H groups in total. The third-order valence-corrected chi connectivity index (χ3v) is 6.04. The van der Waals surface area contributed by atoms with E-state index in [4.69, 9.17) is 19.3 Å². The summed E-state index contributed by atoms with van der Waals surface area (Å²) in [6.45, 7) is 11.7. The summed E-state index contributed by atoms with van der Waals surface area (Å²) in [5, 5.41) is 15.5. The summed E-state index contributed by atoms with van der Waals surface area (Å²) >= 11 is 0. The van der Waals surface area contributed by atoms with Crippen molar-refractivity contribution in [3.63, 3.8) is 0 Å². The summed E-state index contributed by atoms with van der Waals surface area (Å²) in [4.78, 5) is 2.27. The number of benzene rings is 2. The Morgan fingerprint density at radius 1 is 1.03 bits per heavy atom. The molecule has 0 saturated carbocycles. The van der Waals surface area contributed by atoms with Crippen molar-refractivity contribution in [2.45, 2.75) is 65.8 Å². The lowest BCUT2D eigenvalue weighted by molar-refractivity contribution is -0.0150. The van der Waals surface area contributed by atoms with Crippen molar-refractivity contribution in [2.75, 3.05) is 20.3 Å². The van der Waals surface area contributed by atoms with Crippen LogP contribution in [0.2, 0.25) is 0 Å². The van der Waals surface area contributed by atoms with Crippen LogP contribution >= 0.6 is 0 Å². The van der Waals surface area contributed by atoms with Gasteiger partial charge in [0.2, 0.25) is 5.88 Å². The molecule has 3 rings (SSSR count). The number of rotatable bonds is 13. The number of nitrogens with zero attached hydrogens (tertiary/aromatic N) is 3. The van der Waals surface area contributed by atoms with E-state index in [2.05, 4.69) is 18.7 Å². The number of methoxy groups -OCH3 is 1. The van der Waals surface area contributed by atoms with Crippen LogP contribution in [0.3, 0.4) is 0 Å². The lowest BCUT2D eigenvalue weighted by atomic mass is 10.1. The fraction of sp³-hybridized carbons (Fsp3) is 0.464. The average molecular weight is 482 g/mol. The highest BCUT2D eigenvalue weighted by molar-refractivity contribution is 5.44. The van der Waals surface area contributed by atoms with Gasteiger partial charge in [0.05, 0.1) is 42.9 Å². The van der Waals surface area contributed by atoms with Crippen molar-refractivity contribution in [3.05, 3.63) is 65.9 Å². The van der Waals surface area contributed by atoms with E-state index in [1.165, 1.54) is 0 Å². The van der Waals surface area contributed by atoms with E-state index in [1.807, 2.05) is 80.1 Å². The Kier molecular flexibility index (Phi) is 9.72. The molecule has 0 bridgehead atoms. The number of ether oxygens (including phenoxy) is 3. The van der Waals surface area contributed by atoms with Gasteiger partial charge in [-0.15, -0.1) is 0 Å². The first kappa shape index (κ1) is 26.7. The lowest BCUT2D eigenvalue weighted by Crippen LogP contribution is -2.40.